The summed E-state index contributed by atoms with van der Waals surface area (Å²) in [5.74, 6) is 6.08. The van der Waals surface area contributed by atoms with Crippen molar-refractivity contribution in [3.05, 3.63) is 60.4 Å². The zero-order chi connectivity index (χ0) is 11.4. The summed E-state index contributed by atoms with van der Waals surface area (Å²) in [6.45, 7) is 2.06. The van der Waals surface area contributed by atoms with Gasteiger partial charge in [-0.1, -0.05) is 24.3 Å². The lowest BCUT2D eigenvalue weighted by atomic mass is 10.1. The molecule has 0 radical (unpaired) electrons. The first-order chi connectivity index (χ1) is 7.79. The Labute approximate surface area is 95.5 Å². The zero-order valence-electron chi connectivity index (χ0n) is 9.25. The van der Waals surface area contributed by atoms with Crippen LogP contribution in [0.2, 0.25) is 0 Å². The third-order valence-electron chi connectivity index (χ3n) is 2.64. The van der Waals surface area contributed by atoms with Gasteiger partial charge in [0.1, 0.15) is 0 Å². The number of hydrazine groups is 1. The number of aromatic nitrogens is 1. The molecule has 3 nitrogen and oxygen atoms in total. The average molecular weight is 213 g/mol. The summed E-state index contributed by atoms with van der Waals surface area (Å²) in [7, 11) is 0. The Morgan fingerprint density at radius 1 is 1.12 bits per heavy atom. The number of anilines is 1. The van der Waals surface area contributed by atoms with E-state index in [4.69, 9.17) is 5.84 Å². The predicted molar refractivity (Wildman–Crippen MR) is 65.8 cm³/mol. The van der Waals surface area contributed by atoms with Crippen molar-refractivity contribution in [2.75, 3.05) is 5.01 Å². The van der Waals surface area contributed by atoms with Crippen molar-refractivity contribution in [2.45, 2.75) is 13.0 Å². The van der Waals surface area contributed by atoms with Gasteiger partial charge in [-0.3, -0.25) is 4.98 Å². The molecule has 16 heavy (non-hydrogen) atoms. The minimum absolute atomic E-state index is 0.107. The highest BCUT2D eigenvalue weighted by molar-refractivity contribution is 5.46. The Balaban J connectivity index is 2.20. The largest absolute Gasteiger partial charge is 0.304 e. The van der Waals surface area contributed by atoms with E-state index in [1.807, 2.05) is 48.7 Å². The van der Waals surface area contributed by atoms with E-state index in [1.54, 1.807) is 11.2 Å². The molecule has 1 unspecified atom stereocenters. The molecule has 0 aliphatic carbocycles. The third kappa shape index (κ3) is 2.20. The van der Waals surface area contributed by atoms with E-state index in [0.29, 0.717) is 0 Å². The molecule has 82 valence electrons. The van der Waals surface area contributed by atoms with E-state index >= 15 is 0 Å². The molecule has 1 heterocycles. The minimum Gasteiger partial charge on any atom is -0.304 e. The van der Waals surface area contributed by atoms with Gasteiger partial charge >= 0.3 is 0 Å². The average Bonchev–Trinajstić information content (AvgIpc) is 2.39. The number of hydrogen-bond donors (Lipinski definition) is 1. The highest BCUT2D eigenvalue weighted by Crippen LogP contribution is 2.22. The molecule has 0 aliphatic rings. The molecule has 0 spiro atoms. The fourth-order valence-corrected chi connectivity index (χ4v) is 1.61. The second kappa shape index (κ2) is 4.77. The van der Waals surface area contributed by atoms with Gasteiger partial charge in [-0.25, -0.2) is 5.84 Å². The summed E-state index contributed by atoms with van der Waals surface area (Å²) in [5.41, 5.74) is 2.10. The predicted octanol–water partition coefficient (Wildman–Crippen LogP) is 2.52. The summed E-state index contributed by atoms with van der Waals surface area (Å²) in [6, 6.07) is 14.0. The summed E-state index contributed by atoms with van der Waals surface area (Å²) >= 11 is 0. The SMILES string of the molecule is CC(c1cccnc1)N(N)c1ccccc1. The van der Waals surface area contributed by atoms with E-state index in [0.717, 1.165) is 11.3 Å². The molecule has 1 aromatic carbocycles. The first-order valence-electron chi connectivity index (χ1n) is 5.28. The molecule has 1 aromatic heterocycles. The topological polar surface area (TPSA) is 42.2 Å². The van der Waals surface area contributed by atoms with Crippen molar-refractivity contribution >= 4 is 5.69 Å². The van der Waals surface area contributed by atoms with Crippen molar-refractivity contribution in [3.63, 3.8) is 0 Å². The maximum absolute atomic E-state index is 6.08. The van der Waals surface area contributed by atoms with Crippen LogP contribution >= 0.6 is 0 Å². The smallest absolute Gasteiger partial charge is 0.0688 e. The summed E-state index contributed by atoms with van der Waals surface area (Å²) in [5, 5.41) is 1.75. The van der Waals surface area contributed by atoms with Crippen LogP contribution in [0.15, 0.2) is 54.9 Å². The van der Waals surface area contributed by atoms with Crippen LogP contribution < -0.4 is 10.9 Å². The molecule has 0 saturated carbocycles. The molecular formula is C13H15N3. The molecule has 2 N–H and O–H groups in total. The molecule has 0 fully saturated rings. The lowest BCUT2D eigenvalue weighted by Crippen LogP contribution is -2.33. The molecule has 2 rings (SSSR count). The quantitative estimate of drug-likeness (QED) is 0.629. The molecule has 3 heteroatoms. The molecule has 2 aromatic rings. The van der Waals surface area contributed by atoms with Gasteiger partial charge in [0, 0.05) is 12.4 Å². The van der Waals surface area contributed by atoms with Gasteiger partial charge in [0.25, 0.3) is 0 Å². The Hall–Kier alpha value is -1.87. The molecule has 0 aliphatic heterocycles. The van der Waals surface area contributed by atoms with Crippen LogP contribution in [0.4, 0.5) is 5.69 Å². The number of nitrogens with two attached hydrogens (primary N) is 1. The fourth-order valence-electron chi connectivity index (χ4n) is 1.61. The maximum atomic E-state index is 6.08. The Kier molecular flexibility index (Phi) is 3.17. The maximum Gasteiger partial charge on any atom is 0.0688 e. The second-order valence-corrected chi connectivity index (χ2v) is 3.71. The first kappa shape index (κ1) is 10.6. The van der Waals surface area contributed by atoms with Crippen molar-refractivity contribution in [1.29, 1.82) is 0 Å². The zero-order valence-corrected chi connectivity index (χ0v) is 9.25. The number of benzene rings is 1. The summed E-state index contributed by atoms with van der Waals surface area (Å²) in [4.78, 5) is 4.10. The number of rotatable bonds is 3. The van der Waals surface area contributed by atoms with Gasteiger partial charge in [-0.05, 0) is 30.7 Å². The van der Waals surface area contributed by atoms with Gasteiger partial charge in [-0.15, -0.1) is 0 Å². The van der Waals surface area contributed by atoms with Gasteiger partial charge in [0.05, 0.1) is 11.7 Å². The van der Waals surface area contributed by atoms with Gasteiger partial charge in [-0.2, -0.15) is 0 Å². The van der Waals surface area contributed by atoms with Gasteiger partial charge < -0.3 is 5.01 Å². The van der Waals surface area contributed by atoms with Crippen molar-refractivity contribution in [2.24, 2.45) is 5.84 Å². The van der Waals surface area contributed by atoms with E-state index in [1.165, 1.54) is 0 Å². The number of hydrogen-bond acceptors (Lipinski definition) is 3. The van der Waals surface area contributed by atoms with E-state index in [9.17, 15) is 0 Å². The van der Waals surface area contributed by atoms with Crippen LogP contribution in [0, 0.1) is 0 Å². The highest BCUT2D eigenvalue weighted by Gasteiger charge is 2.12. The Bertz CT molecular complexity index is 384. The lowest BCUT2D eigenvalue weighted by Gasteiger charge is -2.26. The summed E-state index contributed by atoms with van der Waals surface area (Å²) < 4.78 is 0. The number of nitrogens with zero attached hydrogens (tertiary/aromatic N) is 2. The van der Waals surface area contributed by atoms with E-state index in [-0.39, 0.29) is 6.04 Å². The standard InChI is InChI=1S/C13H15N3/c1-11(12-6-5-9-15-10-12)16(14)13-7-3-2-4-8-13/h2-11H,14H2,1H3. The Morgan fingerprint density at radius 2 is 1.88 bits per heavy atom. The molecule has 0 saturated heterocycles. The normalized spacial score (nSPS) is 12.1. The molecular weight excluding hydrogens is 198 g/mol. The summed E-state index contributed by atoms with van der Waals surface area (Å²) in [6.07, 6.45) is 3.60. The van der Waals surface area contributed by atoms with Crippen LogP contribution in [0.1, 0.15) is 18.5 Å². The van der Waals surface area contributed by atoms with Crippen molar-refractivity contribution in [3.8, 4) is 0 Å². The van der Waals surface area contributed by atoms with Crippen LogP contribution in [0.5, 0.6) is 0 Å². The minimum atomic E-state index is 0.107. The van der Waals surface area contributed by atoms with Crippen LogP contribution in [0.25, 0.3) is 0 Å². The monoisotopic (exact) mass is 213 g/mol. The third-order valence-corrected chi connectivity index (χ3v) is 2.64. The number of para-hydroxylation sites is 1. The molecule has 0 amide bonds. The van der Waals surface area contributed by atoms with Gasteiger partial charge in [0.15, 0.2) is 0 Å². The van der Waals surface area contributed by atoms with Crippen LogP contribution in [-0.4, -0.2) is 4.98 Å². The lowest BCUT2D eigenvalue weighted by molar-refractivity contribution is 0.694. The fraction of sp³-hybridized carbons (Fsp3) is 0.154. The molecule has 0 bridgehead atoms. The first-order valence-corrected chi connectivity index (χ1v) is 5.28. The van der Waals surface area contributed by atoms with Crippen molar-refractivity contribution < 1.29 is 0 Å². The second-order valence-electron chi connectivity index (χ2n) is 3.71. The molecule has 1 atom stereocenters. The van der Waals surface area contributed by atoms with Crippen LogP contribution in [0.3, 0.4) is 0 Å². The van der Waals surface area contributed by atoms with Gasteiger partial charge in [0.2, 0.25) is 0 Å². The van der Waals surface area contributed by atoms with E-state index < -0.39 is 0 Å². The van der Waals surface area contributed by atoms with Crippen LogP contribution in [-0.2, 0) is 0 Å². The Morgan fingerprint density at radius 3 is 2.50 bits per heavy atom. The van der Waals surface area contributed by atoms with E-state index in [2.05, 4.69) is 11.9 Å². The highest BCUT2D eigenvalue weighted by atomic mass is 15.4. The van der Waals surface area contributed by atoms with Crippen molar-refractivity contribution in [1.82, 2.24) is 4.98 Å². The number of pyridine rings is 1.